The first kappa shape index (κ1) is 18.8. The van der Waals surface area contributed by atoms with Gasteiger partial charge in [0, 0.05) is 6.54 Å². The Hall–Kier alpha value is -1.55. The molecular formula is C20H26BrNO2. The van der Waals surface area contributed by atoms with Crippen LogP contribution in [0.3, 0.4) is 0 Å². The third-order valence-corrected chi connectivity index (χ3v) is 5.14. The van der Waals surface area contributed by atoms with Crippen LogP contribution < -0.4 is 10.1 Å². The van der Waals surface area contributed by atoms with E-state index in [1.54, 1.807) is 0 Å². The topological polar surface area (TPSA) is 38.3 Å². The highest BCUT2D eigenvalue weighted by molar-refractivity contribution is 9.10. The number of benzene rings is 2. The fourth-order valence-electron chi connectivity index (χ4n) is 2.72. The molecule has 2 aromatic rings. The Balaban J connectivity index is 1.86. The van der Waals surface area contributed by atoms with Crippen molar-refractivity contribution in [3.05, 3.63) is 40.9 Å². The molecule has 1 N–H and O–H groups in total. The van der Waals surface area contributed by atoms with E-state index in [4.69, 9.17) is 4.74 Å². The number of nitrogens with one attached hydrogen (secondary N) is 1. The predicted octanol–water partition coefficient (Wildman–Crippen LogP) is 5.31. The van der Waals surface area contributed by atoms with Gasteiger partial charge in [0.15, 0.2) is 6.61 Å². The number of hydrogen-bond donors (Lipinski definition) is 1. The van der Waals surface area contributed by atoms with E-state index in [2.05, 4.69) is 41.2 Å². The molecule has 1 atom stereocenters. The zero-order chi connectivity index (χ0) is 17.4. The molecule has 0 fully saturated rings. The average Bonchev–Trinajstić information content (AvgIpc) is 2.61. The van der Waals surface area contributed by atoms with Crippen LogP contribution in [0.5, 0.6) is 5.75 Å². The average molecular weight is 392 g/mol. The summed E-state index contributed by atoms with van der Waals surface area (Å²) >= 11 is 3.58. The summed E-state index contributed by atoms with van der Waals surface area (Å²) in [7, 11) is 0. The van der Waals surface area contributed by atoms with Crippen molar-refractivity contribution in [1.29, 1.82) is 0 Å². The van der Waals surface area contributed by atoms with E-state index >= 15 is 0 Å². The summed E-state index contributed by atoms with van der Waals surface area (Å²) in [6.07, 6.45) is 4.68. The molecule has 0 aromatic heterocycles. The standard InChI is InChI=1S/C20H26BrNO2/c1-3-5-8-15(4-2)13-22-19(23)14-24-18-12-11-16-9-6-7-10-17(16)20(18)21/h6-7,9-12,15H,3-5,8,13-14H2,1-2H3,(H,22,23). The Morgan fingerprint density at radius 2 is 2.00 bits per heavy atom. The number of rotatable bonds is 9. The van der Waals surface area contributed by atoms with Crippen LogP contribution in [0.2, 0.25) is 0 Å². The Morgan fingerprint density at radius 1 is 1.21 bits per heavy atom. The summed E-state index contributed by atoms with van der Waals surface area (Å²) < 4.78 is 6.59. The first-order valence-corrected chi connectivity index (χ1v) is 9.51. The number of amides is 1. The van der Waals surface area contributed by atoms with E-state index in [1.807, 2.05) is 30.3 Å². The fraction of sp³-hybridized carbons (Fsp3) is 0.450. The molecule has 24 heavy (non-hydrogen) atoms. The monoisotopic (exact) mass is 391 g/mol. The lowest BCUT2D eigenvalue weighted by atomic mass is 9.99. The fourth-order valence-corrected chi connectivity index (χ4v) is 3.33. The van der Waals surface area contributed by atoms with Gasteiger partial charge in [-0.05, 0) is 45.1 Å². The van der Waals surface area contributed by atoms with Crippen LogP contribution >= 0.6 is 15.9 Å². The van der Waals surface area contributed by atoms with Crippen LogP contribution in [-0.4, -0.2) is 19.1 Å². The highest BCUT2D eigenvalue weighted by atomic mass is 79.9. The van der Waals surface area contributed by atoms with E-state index < -0.39 is 0 Å². The van der Waals surface area contributed by atoms with Crippen molar-refractivity contribution in [2.24, 2.45) is 5.92 Å². The molecule has 0 spiro atoms. The van der Waals surface area contributed by atoms with Gasteiger partial charge in [-0.2, -0.15) is 0 Å². The maximum absolute atomic E-state index is 12.0. The highest BCUT2D eigenvalue weighted by Crippen LogP contribution is 2.32. The molecule has 0 heterocycles. The molecule has 2 aromatic carbocycles. The second kappa shape index (κ2) is 9.67. The van der Waals surface area contributed by atoms with Gasteiger partial charge in [-0.25, -0.2) is 0 Å². The van der Waals surface area contributed by atoms with Gasteiger partial charge in [0.25, 0.3) is 5.91 Å². The van der Waals surface area contributed by atoms with Gasteiger partial charge in [0.1, 0.15) is 5.75 Å². The zero-order valence-electron chi connectivity index (χ0n) is 14.5. The maximum Gasteiger partial charge on any atom is 0.257 e. The number of unbranched alkanes of at least 4 members (excludes halogenated alkanes) is 1. The molecule has 0 radical (unpaired) electrons. The third kappa shape index (κ3) is 5.23. The molecule has 0 bridgehead atoms. The van der Waals surface area contributed by atoms with Crippen LogP contribution in [0.25, 0.3) is 10.8 Å². The van der Waals surface area contributed by atoms with Crippen LogP contribution in [0.15, 0.2) is 40.9 Å². The summed E-state index contributed by atoms with van der Waals surface area (Å²) in [4.78, 5) is 12.0. The molecule has 0 aliphatic rings. The number of hydrogen-bond acceptors (Lipinski definition) is 2. The second-order valence-corrected chi connectivity index (χ2v) is 6.90. The van der Waals surface area contributed by atoms with E-state index in [-0.39, 0.29) is 12.5 Å². The van der Waals surface area contributed by atoms with Crippen molar-refractivity contribution < 1.29 is 9.53 Å². The Morgan fingerprint density at radius 3 is 2.75 bits per heavy atom. The molecule has 1 unspecified atom stereocenters. The van der Waals surface area contributed by atoms with E-state index in [0.717, 1.165) is 28.2 Å². The molecule has 1 amide bonds. The number of fused-ring (bicyclic) bond motifs is 1. The summed E-state index contributed by atoms with van der Waals surface area (Å²) in [5.41, 5.74) is 0. The lowest BCUT2D eigenvalue weighted by Gasteiger charge is -2.16. The Labute approximate surface area is 152 Å². The number of carbonyl (C=O) groups is 1. The zero-order valence-corrected chi connectivity index (χ0v) is 16.1. The Kier molecular flexibility index (Phi) is 7.57. The first-order chi connectivity index (χ1) is 11.7. The van der Waals surface area contributed by atoms with E-state index in [1.165, 1.54) is 19.3 Å². The summed E-state index contributed by atoms with van der Waals surface area (Å²) in [6, 6.07) is 12.0. The first-order valence-electron chi connectivity index (χ1n) is 8.72. The lowest BCUT2D eigenvalue weighted by molar-refractivity contribution is -0.123. The van der Waals surface area contributed by atoms with Gasteiger partial charge in [0.2, 0.25) is 0 Å². The van der Waals surface area contributed by atoms with Crippen molar-refractivity contribution in [3.8, 4) is 5.75 Å². The van der Waals surface area contributed by atoms with Crippen molar-refractivity contribution in [2.45, 2.75) is 39.5 Å². The quantitative estimate of drug-likeness (QED) is 0.628. The summed E-state index contributed by atoms with van der Waals surface area (Å²) in [6.45, 7) is 5.15. The van der Waals surface area contributed by atoms with Gasteiger partial charge >= 0.3 is 0 Å². The third-order valence-electron chi connectivity index (χ3n) is 4.32. The Bertz CT molecular complexity index is 672. The van der Waals surface area contributed by atoms with E-state index in [0.29, 0.717) is 11.7 Å². The van der Waals surface area contributed by atoms with Crippen LogP contribution in [0.1, 0.15) is 39.5 Å². The van der Waals surface area contributed by atoms with Crippen molar-refractivity contribution in [2.75, 3.05) is 13.2 Å². The van der Waals surface area contributed by atoms with Gasteiger partial charge in [-0.3, -0.25) is 4.79 Å². The van der Waals surface area contributed by atoms with Crippen molar-refractivity contribution >= 4 is 32.6 Å². The second-order valence-electron chi connectivity index (χ2n) is 6.11. The molecule has 3 nitrogen and oxygen atoms in total. The normalized spacial score (nSPS) is 12.1. The molecule has 4 heteroatoms. The molecule has 0 saturated heterocycles. The maximum atomic E-state index is 12.0. The van der Waals surface area contributed by atoms with Gasteiger partial charge in [0.05, 0.1) is 4.47 Å². The highest BCUT2D eigenvalue weighted by Gasteiger charge is 2.11. The van der Waals surface area contributed by atoms with Crippen LogP contribution in [0.4, 0.5) is 0 Å². The number of ether oxygens (including phenoxy) is 1. The molecular weight excluding hydrogens is 366 g/mol. The largest absolute Gasteiger partial charge is 0.483 e. The molecule has 130 valence electrons. The summed E-state index contributed by atoms with van der Waals surface area (Å²) in [5.74, 6) is 1.19. The molecule has 0 aliphatic carbocycles. The van der Waals surface area contributed by atoms with Gasteiger partial charge < -0.3 is 10.1 Å². The van der Waals surface area contributed by atoms with E-state index in [9.17, 15) is 4.79 Å². The molecule has 0 aliphatic heterocycles. The lowest BCUT2D eigenvalue weighted by Crippen LogP contribution is -2.33. The SMILES string of the molecule is CCCCC(CC)CNC(=O)COc1ccc2ccccc2c1Br. The minimum atomic E-state index is -0.0648. The minimum Gasteiger partial charge on any atom is -0.483 e. The smallest absolute Gasteiger partial charge is 0.257 e. The number of halogens is 1. The minimum absolute atomic E-state index is 0.0428. The molecule has 2 rings (SSSR count). The van der Waals surface area contributed by atoms with Crippen molar-refractivity contribution in [3.63, 3.8) is 0 Å². The molecule has 0 saturated carbocycles. The van der Waals surface area contributed by atoms with Gasteiger partial charge in [-0.1, -0.05) is 63.4 Å². The number of carbonyl (C=O) groups excluding carboxylic acids is 1. The van der Waals surface area contributed by atoms with Gasteiger partial charge in [-0.15, -0.1) is 0 Å². The predicted molar refractivity (Wildman–Crippen MR) is 103 cm³/mol. The van der Waals surface area contributed by atoms with Crippen molar-refractivity contribution in [1.82, 2.24) is 5.32 Å². The van der Waals surface area contributed by atoms with Crippen LogP contribution in [0, 0.1) is 5.92 Å². The summed E-state index contributed by atoms with van der Waals surface area (Å²) in [5, 5.41) is 5.22. The van der Waals surface area contributed by atoms with Crippen LogP contribution in [-0.2, 0) is 4.79 Å².